The SMILES string of the molecule is CCCC(C)C(=O)Nc1cncc(Cl)n1. The van der Waals surface area contributed by atoms with Crippen LogP contribution in [-0.4, -0.2) is 15.9 Å². The molecule has 0 saturated heterocycles. The largest absolute Gasteiger partial charge is 0.309 e. The third kappa shape index (κ3) is 3.83. The zero-order valence-electron chi connectivity index (χ0n) is 8.83. The van der Waals surface area contributed by atoms with Gasteiger partial charge in [0.05, 0.1) is 12.4 Å². The van der Waals surface area contributed by atoms with Crippen LogP contribution in [0.4, 0.5) is 5.82 Å². The van der Waals surface area contributed by atoms with Gasteiger partial charge in [-0.3, -0.25) is 9.78 Å². The van der Waals surface area contributed by atoms with Gasteiger partial charge in [0, 0.05) is 5.92 Å². The summed E-state index contributed by atoms with van der Waals surface area (Å²) in [7, 11) is 0. The summed E-state index contributed by atoms with van der Waals surface area (Å²) in [6.07, 6.45) is 4.74. The van der Waals surface area contributed by atoms with Crippen molar-refractivity contribution in [2.75, 3.05) is 5.32 Å². The highest BCUT2D eigenvalue weighted by molar-refractivity contribution is 6.29. The van der Waals surface area contributed by atoms with Crippen LogP contribution >= 0.6 is 11.6 Å². The van der Waals surface area contributed by atoms with E-state index < -0.39 is 0 Å². The van der Waals surface area contributed by atoms with Gasteiger partial charge in [0.2, 0.25) is 5.91 Å². The molecule has 15 heavy (non-hydrogen) atoms. The van der Waals surface area contributed by atoms with Crippen molar-refractivity contribution in [3.8, 4) is 0 Å². The van der Waals surface area contributed by atoms with E-state index in [1.54, 1.807) is 0 Å². The molecule has 0 fully saturated rings. The first-order valence-electron chi connectivity index (χ1n) is 4.92. The predicted octanol–water partition coefficient (Wildman–Crippen LogP) is 2.50. The Balaban J connectivity index is 2.58. The zero-order chi connectivity index (χ0) is 11.3. The lowest BCUT2D eigenvalue weighted by Crippen LogP contribution is -2.20. The van der Waals surface area contributed by atoms with Crippen LogP contribution in [0.15, 0.2) is 12.4 Å². The van der Waals surface area contributed by atoms with E-state index in [0.717, 1.165) is 12.8 Å². The van der Waals surface area contributed by atoms with Gasteiger partial charge < -0.3 is 5.32 Å². The van der Waals surface area contributed by atoms with Crippen molar-refractivity contribution in [2.24, 2.45) is 5.92 Å². The second-order valence-electron chi connectivity index (χ2n) is 3.41. The summed E-state index contributed by atoms with van der Waals surface area (Å²) in [5.74, 6) is 0.333. The summed E-state index contributed by atoms with van der Waals surface area (Å²) >= 11 is 5.64. The Labute approximate surface area is 94.1 Å². The lowest BCUT2D eigenvalue weighted by molar-refractivity contribution is -0.119. The summed E-state index contributed by atoms with van der Waals surface area (Å²) < 4.78 is 0. The molecule has 0 aliphatic rings. The molecular weight excluding hydrogens is 214 g/mol. The maximum Gasteiger partial charge on any atom is 0.228 e. The number of carbonyl (C=O) groups is 1. The lowest BCUT2D eigenvalue weighted by Gasteiger charge is -2.09. The van der Waals surface area contributed by atoms with Gasteiger partial charge in [0.1, 0.15) is 5.15 Å². The molecule has 0 aliphatic carbocycles. The first-order chi connectivity index (χ1) is 7.13. The molecule has 0 spiro atoms. The van der Waals surface area contributed by atoms with Gasteiger partial charge in [0.25, 0.3) is 0 Å². The lowest BCUT2D eigenvalue weighted by atomic mass is 10.1. The van der Waals surface area contributed by atoms with E-state index in [1.165, 1.54) is 12.4 Å². The van der Waals surface area contributed by atoms with Gasteiger partial charge in [-0.25, -0.2) is 4.98 Å². The fourth-order valence-electron chi connectivity index (χ4n) is 1.22. The molecule has 82 valence electrons. The molecule has 1 atom stereocenters. The summed E-state index contributed by atoms with van der Waals surface area (Å²) in [4.78, 5) is 19.4. The second kappa shape index (κ2) is 5.66. The van der Waals surface area contributed by atoms with Crippen molar-refractivity contribution in [3.63, 3.8) is 0 Å². The molecule has 1 aromatic heterocycles. The smallest absolute Gasteiger partial charge is 0.228 e. The molecular formula is C10H14ClN3O. The molecule has 0 aliphatic heterocycles. The maximum atomic E-state index is 11.6. The molecule has 1 N–H and O–H groups in total. The number of halogens is 1. The first-order valence-corrected chi connectivity index (χ1v) is 5.29. The average molecular weight is 228 g/mol. The molecule has 1 aromatic rings. The van der Waals surface area contributed by atoms with Crippen molar-refractivity contribution >= 4 is 23.3 Å². The number of amides is 1. The number of rotatable bonds is 4. The zero-order valence-corrected chi connectivity index (χ0v) is 9.58. The molecule has 0 aromatic carbocycles. The van der Waals surface area contributed by atoms with Gasteiger partial charge in [-0.2, -0.15) is 0 Å². The maximum absolute atomic E-state index is 11.6. The Morgan fingerprint density at radius 2 is 2.33 bits per heavy atom. The molecule has 5 heteroatoms. The number of carbonyl (C=O) groups excluding carboxylic acids is 1. The van der Waals surface area contributed by atoms with Gasteiger partial charge >= 0.3 is 0 Å². The van der Waals surface area contributed by atoms with Crippen LogP contribution in [0.25, 0.3) is 0 Å². The molecule has 1 heterocycles. The quantitative estimate of drug-likeness (QED) is 0.860. The van der Waals surface area contributed by atoms with Crippen molar-refractivity contribution in [1.29, 1.82) is 0 Å². The van der Waals surface area contributed by atoms with E-state index in [2.05, 4.69) is 15.3 Å². The molecule has 0 bridgehead atoms. The molecule has 1 rings (SSSR count). The van der Waals surface area contributed by atoms with E-state index >= 15 is 0 Å². The standard InChI is InChI=1S/C10H14ClN3O/c1-3-4-7(2)10(15)14-9-6-12-5-8(11)13-9/h5-7H,3-4H2,1-2H3,(H,13,14,15). The molecule has 0 saturated carbocycles. The number of nitrogens with one attached hydrogen (secondary N) is 1. The van der Waals surface area contributed by atoms with Crippen molar-refractivity contribution in [2.45, 2.75) is 26.7 Å². The highest BCUT2D eigenvalue weighted by Gasteiger charge is 2.12. The minimum Gasteiger partial charge on any atom is -0.309 e. The topological polar surface area (TPSA) is 54.9 Å². The van der Waals surface area contributed by atoms with Crippen LogP contribution in [0, 0.1) is 5.92 Å². The van der Waals surface area contributed by atoms with Crippen LogP contribution in [-0.2, 0) is 4.79 Å². The summed E-state index contributed by atoms with van der Waals surface area (Å²) in [5, 5.41) is 2.94. The highest BCUT2D eigenvalue weighted by Crippen LogP contribution is 2.10. The first kappa shape index (κ1) is 11.9. The van der Waals surface area contributed by atoms with Gasteiger partial charge in [0.15, 0.2) is 5.82 Å². The average Bonchev–Trinajstić information content (AvgIpc) is 2.18. The minimum atomic E-state index is -0.0478. The Bertz CT molecular complexity index is 343. The Morgan fingerprint density at radius 3 is 2.93 bits per heavy atom. The third-order valence-corrected chi connectivity index (χ3v) is 2.21. The summed E-state index contributed by atoms with van der Waals surface area (Å²) in [6.45, 7) is 3.93. The molecule has 1 amide bonds. The van der Waals surface area contributed by atoms with E-state index in [-0.39, 0.29) is 17.0 Å². The molecule has 0 radical (unpaired) electrons. The van der Waals surface area contributed by atoms with Gasteiger partial charge in [-0.15, -0.1) is 0 Å². The fourth-order valence-corrected chi connectivity index (χ4v) is 1.36. The third-order valence-electron chi connectivity index (χ3n) is 2.03. The minimum absolute atomic E-state index is 0.0178. The van der Waals surface area contributed by atoms with Crippen LogP contribution < -0.4 is 5.32 Å². The van der Waals surface area contributed by atoms with Crippen LogP contribution in [0.5, 0.6) is 0 Å². The van der Waals surface area contributed by atoms with Crippen LogP contribution in [0.2, 0.25) is 5.15 Å². The molecule has 1 unspecified atom stereocenters. The van der Waals surface area contributed by atoms with Crippen molar-refractivity contribution in [3.05, 3.63) is 17.5 Å². The number of aromatic nitrogens is 2. The number of hydrogen-bond acceptors (Lipinski definition) is 3. The normalized spacial score (nSPS) is 12.2. The molecule has 4 nitrogen and oxygen atoms in total. The van der Waals surface area contributed by atoms with Crippen molar-refractivity contribution < 1.29 is 4.79 Å². The fraction of sp³-hybridized carbons (Fsp3) is 0.500. The van der Waals surface area contributed by atoms with E-state index in [0.29, 0.717) is 5.82 Å². The second-order valence-corrected chi connectivity index (χ2v) is 3.79. The monoisotopic (exact) mass is 227 g/mol. The van der Waals surface area contributed by atoms with Gasteiger partial charge in [-0.05, 0) is 6.42 Å². The Kier molecular flexibility index (Phi) is 4.49. The predicted molar refractivity (Wildman–Crippen MR) is 59.7 cm³/mol. The summed E-state index contributed by atoms with van der Waals surface area (Å²) in [5.41, 5.74) is 0. The summed E-state index contributed by atoms with van der Waals surface area (Å²) in [6, 6.07) is 0. The van der Waals surface area contributed by atoms with E-state index in [4.69, 9.17) is 11.6 Å². The van der Waals surface area contributed by atoms with Crippen molar-refractivity contribution in [1.82, 2.24) is 9.97 Å². The van der Waals surface area contributed by atoms with Crippen LogP contribution in [0.3, 0.4) is 0 Å². The van der Waals surface area contributed by atoms with E-state index in [9.17, 15) is 4.79 Å². The highest BCUT2D eigenvalue weighted by atomic mass is 35.5. The Hall–Kier alpha value is -1.16. The number of anilines is 1. The number of nitrogens with zero attached hydrogens (tertiary/aromatic N) is 2. The van der Waals surface area contributed by atoms with Gasteiger partial charge in [-0.1, -0.05) is 31.9 Å². The Morgan fingerprint density at radius 1 is 1.60 bits per heavy atom. The number of hydrogen-bond donors (Lipinski definition) is 1. The van der Waals surface area contributed by atoms with Crippen LogP contribution in [0.1, 0.15) is 26.7 Å². The van der Waals surface area contributed by atoms with E-state index in [1.807, 2.05) is 13.8 Å².